The first kappa shape index (κ1) is 9.50. The lowest BCUT2D eigenvalue weighted by atomic mass is 10.7. The van der Waals surface area contributed by atoms with E-state index in [1.165, 1.54) is 12.2 Å². The van der Waals surface area contributed by atoms with Crippen molar-refractivity contribution >= 4 is 8.25 Å². The van der Waals surface area contributed by atoms with Crippen LogP contribution in [0.5, 0.6) is 0 Å². The monoisotopic (exact) mass is 161 g/mol. The normalized spacial score (nSPS) is 8.80. The minimum Gasteiger partial charge on any atom is -0.279 e. The van der Waals surface area contributed by atoms with E-state index in [1.54, 1.807) is 0 Å². The summed E-state index contributed by atoms with van der Waals surface area (Å²) in [5.74, 6) is 0. The van der Waals surface area contributed by atoms with Gasteiger partial charge in [0.2, 0.25) is 0 Å². The van der Waals surface area contributed by atoms with Crippen molar-refractivity contribution in [2.75, 3.05) is 13.2 Å². The van der Waals surface area contributed by atoms with Crippen LogP contribution in [0.4, 0.5) is 0 Å². The summed E-state index contributed by atoms with van der Waals surface area (Å²) < 4.78 is 19.8. The highest BCUT2D eigenvalue weighted by atomic mass is 31.1. The van der Waals surface area contributed by atoms with Gasteiger partial charge in [-0.25, -0.2) is 4.57 Å². The fourth-order valence-corrected chi connectivity index (χ4v) is 0.793. The maximum absolute atomic E-state index is 10.6. The molecule has 0 saturated heterocycles. The molecule has 0 aliphatic carbocycles. The molecule has 1 radical (unpaired) electrons. The molecule has 4 heteroatoms. The van der Waals surface area contributed by atoms with Gasteiger partial charge in [-0.15, -0.1) is 13.2 Å². The van der Waals surface area contributed by atoms with Gasteiger partial charge in [-0.1, -0.05) is 12.2 Å². The van der Waals surface area contributed by atoms with E-state index < -0.39 is 8.25 Å². The average Bonchev–Trinajstić information content (AvgIpc) is 1.97. The minimum absolute atomic E-state index is 0.242. The Labute approximate surface area is 61.3 Å². The summed E-state index contributed by atoms with van der Waals surface area (Å²) in [6.45, 7) is 7.25. The Morgan fingerprint density at radius 2 is 1.60 bits per heavy atom. The topological polar surface area (TPSA) is 35.5 Å². The maximum atomic E-state index is 10.6. The van der Waals surface area contributed by atoms with Gasteiger partial charge in [0.25, 0.3) is 0 Å². The third kappa shape index (κ3) is 5.63. The van der Waals surface area contributed by atoms with E-state index in [9.17, 15) is 4.57 Å². The van der Waals surface area contributed by atoms with E-state index in [2.05, 4.69) is 22.2 Å². The van der Waals surface area contributed by atoms with Gasteiger partial charge in [-0.05, 0) is 0 Å². The van der Waals surface area contributed by atoms with Crippen LogP contribution >= 0.6 is 8.25 Å². The molecule has 0 saturated carbocycles. The summed E-state index contributed by atoms with van der Waals surface area (Å²) in [6, 6.07) is 0. The molecule has 0 aliphatic rings. The van der Waals surface area contributed by atoms with Crippen LogP contribution in [-0.4, -0.2) is 13.2 Å². The first-order valence-electron chi connectivity index (χ1n) is 2.76. The van der Waals surface area contributed by atoms with Gasteiger partial charge < -0.3 is 0 Å². The molecule has 0 spiro atoms. The first-order valence-corrected chi connectivity index (χ1v) is 3.85. The summed E-state index contributed by atoms with van der Waals surface area (Å²) in [5.41, 5.74) is 0. The second kappa shape index (κ2) is 6.62. The Hall–Kier alpha value is -0.500. The lowest BCUT2D eigenvalue weighted by Crippen LogP contribution is -1.84. The zero-order valence-corrected chi connectivity index (χ0v) is 6.55. The Morgan fingerprint density at radius 1 is 1.20 bits per heavy atom. The van der Waals surface area contributed by atoms with E-state index >= 15 is 0 Å². The van der Waals surface area contributed by atoms with Crippen molar-refractivity contribution < 1.29 is 13.6 Å². The number of hydrogen-bond donors (Lipinski definition) is 0. The highest BCUT2D eigenvalue weighted by molar-refractivity contribution is 7.33. The molecule has 0 aromatic carbocycles. The van der Waals surface area contributed by atoms with Crippen molar-refractivity contribution in [1.29, 1.82) is 0 Å². The SMILES string of the molecule is C=CCO[P](=O)OCC=C. The minimum atomic E-state index is -1.98. The highest BCUT2D eigenvalue weighted by Gasteiger charge is 1.96. The Bertz CT molecular complexity index is 119. The van der Waals surface area contributed by atoms with Gasteiger partial charge in [-0.2, -0.15) is 0 Å². The highest BCUT2D eigenvalue weighted by Crippen LogP contribution is 2.22. The van der Waals surface area contributed by atoms with Crippen molar-refractivity contribution in [2.45, 2.75) is 0 Å². The second-order valence-electron chi connectivity index (χ2n) is 1.39. The summed E-state index contributed by atoms with van der Waals surface area (Å²) in [7, 11) is -1.98. The predicted molar refractivity (Wildman–Crippen MR) is 39.9 cm³/mol. The third-order valence-electron chi connectivity index (χ3n) is 0.596. The molecule has 0 atom stereocenters. The van der Waals surface area contributed by atoms with Gasteiger partial charge in [0.05, 0.1) is 13.2 Å². The lowest BCUT2D eigenvalue weighted by molar-refractivity contribution is 0.261. The average molecular weight is 161 g/mol. The van der Waals surface area contributed by atoms with Crippen LogP contribution in [0.25, 0.3) is 0 Å². The van der Waals surface area contributed by atoms with Gasteiger partial charge in [0, 0.05) is 0 Å². The van der Waals surface area contributed by atoms with E-state index in [0.717, 1.165) is 0 Å². The van der Waals surface area contributed by atoms with Crippen molar-refractivity contribution in [3.63, 3.8) is 0 Å². The zero-order chi connectivity index (χ0) is 7.82. The molecular formula is C6H10O3P. The summed E-state index contributed by atoms with van der Waals surface area (Å²) >= 11 is 0. The molecule has 0 unspecified atom stereocenters. The van der Waals surface area contributed by atoms with Crippen LogP contribution in [-0.2, 0) is 13.6 Å². The molecular weight excluding hydrogens is 151 g/mol. The lowest BCUT2D eigenvalue weighted by Gasteiger charge is -1.96. The molecule has 57 valence electrons. The fraction of sp³-hybridized carbons (Fsp3) is 0.333. The first-order chi connectivity index (χ1) is 4.81. The molecule has 0 heterocycles. The Balaban J connectivity index is 3.24. The van der Waals surface area contributed by atoms with Gasteiger partial charge >= 0.3 is 8.25 Å². The molecule has 10 heavy (non-hydrogen) atoms. The molecule has 0 aromatic heterocycles. The van der Waals surface area contributed by atoms with Gasteiger partial charge in [-0.3, -0.25) is 9.05 Å². The molecule has 0 bridgehead atoms. The van der Waals surface area contributed by atoms with Crippen LogP contribution in [0.15, 0.2) is 25.3 Å². The van der Waals surface area contributed by atoms with Crippen molar-refractivity contribution in [2.24, 2.45) is 0 Å². The van der Waals surface area contributed by atoms with Crippen LogP contribution in [0.2, 0.25) is 0 Å². The maximum Gasteiger partial charge on any atom is 0.369 e. The third-order valence-corrected chi connectivity index (χ3v) is 1.32. The Kier molecular flexibility index (Phi) is 6.29. The van der Waals surface area contributed by atoms with Crippen LogP contribution < -0.4 is 0 Å². The van der Waals surface area contributed by atoms with Crippen molar-refractivity contribution in [3.8, 4) is 0 Å². The van der Waals surface area contributed by atoms with Crippen LogP contribution in [0, 0.1) is 0 Å². The quantitative estimate of drug-likeness (QED) is 0.441. The molecule has 0 rings (SSSR count). The molecule has 0 fully saturated rings. The number of rotatable bonds is 6. The largest absolute Gasteiger partial charge is 0.369 e. The summed E-state index contributed by atoms with van der Waals surface area (Å²) in [6.07, 6.45) is 3.01. The molecule has 0 amide bonds. The van der Waals surface area contributed by atoms with E-state index in [4.69, 9.17) is 0 Å². The standard InChI is InChI=1S/C6H10O3P/c1-3-5-8-10(7)9-6-4-2/h3-4H,1-2,5-6H2. The predicted octanol–water partition coefficient (Wildman–Crippen LogP) is 2.05. The Morgan fingerprint density at radius 3 is 1.90 bits per heavy atom. The van der Waals surface area contributed by atoms with Crippen molar-refractivity contribution in [3.05, 3.63) is 25.3 Å². The summed E-state index contributed by atoms with van der Waals surface area (Å²) in [4.78, 5) is 0. The second-order valence-corrected chi connectivity index (χ2v) is 2.36. The molecule has 0 N–H and O–H groups in total. The van der Waals surface area contributed by atoms with Gasteiger partial charge in [0.1, 0.15) is 0 Å². The number of hydrogen-bond acceptors (Lipinski definition) is 3. The molecule has 3 nitrogen and oxygen atoms in total. The van der Waals surface area contributed by atoms with E-state index in [0.29, 0.717) is 0 Å². The molecule has 0 aliphatic heterocycles. The van der Waals surface area contributed by atoms with E-state index in [-0.39, 0.29) is 13.2 Å². The fourth-order valence-electron chi connectivity index (χ4n) is 0.264. The van der Waals surface area contributed by atoms with Crippen LogP contribution in [0.3, 0.4) is 0 Å². The summed E-state index contributed by atoms with van der Waals surface area (Å²) in [5, 5.41) is 0. The van der Waals surface area contributed by atoms with Crippen LogP contribution in [0.1, 0.15) is 0 Å². The van der Waals surface area contributed by atoms with Crippen molar-refractivity contribution in [1.82, 2.24) is 0 Å². The van der Waals surface area contributed by atoms with E-state index in [1.807, 2.05) is 0 Å². The van der Waals surface area contributed by atoms with Gasteiger partial charge in [0.15, 0.2) is 0 Å². The smallest absolute Gasteiger partial charge is 0.279 e. The molecule has 0 aromatic rings. The zero-order valence-electron chi connectivity index (χ0n) is 5.66.